The van der Waals surface area contributed by atoms with Crippen LogP contribution in [0.25, 0.3) is 0 Å². The molecule has 1 saturated carbocycles. The van der Waals surface area contributed by atoms with Crippen LogP contribution < -0.4 is 5.32 Å². The first-order valence-electron chi connectivity index (χ1n) is 6.72. The van der Waals surface area contributed by atoms with Crippen molar-refractivity contribution < 1.29 is 4.92 Å². The Morgan fingerprint density at radius 1 is 1.42 bits per heavy atom. The van der Waals surface area contributed by atoms with Gasteiger partial charge < -0.3 is 5.32 Å². The van der Waals surface area contributed by atoms with Crippen LogP contribution in [0.4, 0.5) is 5.69 Å². The molecule has 0 aromatic heterocycles. The summed E-state index contributed by atoms with van der Waals surface area (Å²) in [6.07, 6.45) is 6.02. The highest BCUT2D eigenvalue weighted by atomic mass is 79.9. The third-order valence-corrected chi connectivity index (χ3v) is 4.75. The predicted molar refractivity (Wildman–Crippen MR) is 79.3 cm³/mol. The van der Waals surface area contributed by atoms with Crippen LogP contribution in [0, 0.1) is 16.0 Å². The lowest BCUT2D eigenvalue weighted by atomic mass is 9.81. The molecule has 5 heteroatoms. The van der Waals surface area contributed by atoms with E-state index in [9.17, 15) is 10.1 Å². The van der Waals surface area contributed by atoms with Gasteiger partial charge in [-0.25, -0.2) is 0 Å². The van der Waals surface area contributed by atoms with E-state index in [1.807, 2.05) is 13.1 Å². The van der Waals surface area contributed by atoms with Gasteiger partial charge in [-0.1, -0.05) is 34.8 Å². The number of nitrogens with zero attached hydrogens (tertiary/aromatic N) is 1. The van der Waals surface area contributed by atoms with Gasteiger partial charge in [0, 0.05) is 22.6 Å². The summed E-state index contributed by atoms with van der Waals surface area (Å²) in [5, 5.41) is 14.1. The average Bonchev–Trinajstić information content (AvgIpc) is 2.41. The van der Waals surface area contributed by atoms with Crippen molar-refractivity contribution in [1.29, 1.82) is 0 Å². The van der Waals surface area contributed by atoms with Gasteiger partial charge in [0.2, 0.25) is 0 Å². The Morgan fingerprint density at radius 3 is 2.79 bits per heavy atom. The Kier molecular flexibility index (Phi) is 4.93. The van der Waals surface area contributed by atoms with E-state index in [1.165, 1.54) is 25.7 Å². The Balaban J connectivity index is 2.11. The molecule has 1 aliphatic carbocycles. The molecule has 1 N–H and O–H groups in total. The van der Waals surface area contributed by atoms with E-state index < -0.39 is 0 Å². The normalized spacial score (nSPS) is 23.3. The molecule has 2 rings (SSSR count). The van der Waals surface area contributed by atoms with E-state index in [4.69, 9.17) is 0 Å². The highest BCUT2D eigenvalue weighted by Crippen LogP contribution is 2.31. The molecule has 4 nitrogen and oxygen atoms in total. The zero-order valence-electron chi connectivity index (χ0n) is 11.1. The summed E-state index contributed by atoms with van der Waals surface area (Å²) in [6, 6.07) is 5.64. The Labute approximate surface area is 121 Å². The van der Waals surface area contributed by atoms with Crippen molar-refractivity contribution in [1.82, 2.24) is 5.32 Å². The zero-order chi connectivity index (χ0) is 13.8. The van der Waals surface area contributed by atoms with Crippen LogP contribution in [-0.4, -0.2) is 18.0 Å². The number of nitro groups is 1. The topological polar surface area (TPSA) is 55.2 Å². The predicted octanol–water partition coefficient (Wildman–Crippen LogP) is 3.68. The molecule has 2 atom stereocenters. The standard InChI is InChI=1S/C14H19BrN2O2/c1-16-14-5-3-2-4-11(14)8-10-6-7-12(17(18)19)9-13(10)15/h6-7,9,11,14,16H,2-5,8H2,1H3. The van der Waals surface area contributed by atoms with E-state index in [2.05, 4.69) is 21.2 Å². The van der Waals surface area contributed by atoms with Crippen molar-refractivity contribution in [2.45, 2.75) is 38.1 Å². The van der Waals surface area contributed by atoms with E-state index in [-0.39, 0.29) is 10.6 Å². The van der Waals surface area contributed by atoms with Gasteiger partial charge in [-0.2, -0.15) is 0 Å². The molecule has 104 valence electrons. The van der Waals surface area contributed by atoms with E-state index in [0.717, 1.165) is 16.5 Å². The lowest BCUT2D eigenvalue weighted by Gasteiger charge is -2.31. The van der Waals surface area contributed by atoms with Crippen molar-refractivity contribution in [2.24, 2.45) is 5.92 Å². The second-order valence-electron chi connectivity index (χ2n) is 5.18. The smallest absolute Gasteiger partial charge is 0.270 e. The summed E-state index contributed by atoms with van der Waals surface area (Å²) in [5.41, 5.74) is 1.31. The Hall–Kier alpha value is -0.940. The molecule has 0 amide bonds. The number of hydrogen-bond donors (Lipinski definition) is 1. The molecule has 0 heterocycles. The highest BCUT2D eigenvalue weighted by Gasteiger charge is 2.24. The molecule has 0 saturated heterocycles. The van der Waals surface area contributed by atoms with Gasteiger partial charge in [0.15, 0.2) is 0 Å². The average molecular weight is 327 g/mol. The van der Waals surface area contributed by atoms with Crippen molar-refractivity contribution in [3.8, 4) is 0 Å². The van der Waals surface area contributed by atoms with Crippen molar-refractivity contribution in [2.75, 3.05) is 7.05 Å². The molecule has 19 heavy (non-hydrogen) atoms. The van der Waals surface area contributed by atoms with Gasteiger partial charge in [0.05, 0.1) is 4.92 Å². The number of rotatable bonds is 4. The first kappa shape index (κ1) is 14.5. The first-order valence-corrected chi connectivity index (χ1v) is 7.51. The van der Waals surface area contributed by atoms with E-state index >= 15 is 0 Å². The maximum atomic E-state index is 10.7. The van der Waals surface area contributed by atoms with Gasteiger partial charge in [0.25, 0.3) is 5.69 Å². The van der Waals surface area contributed by atoms with Crippen LogP contribution in [0.2, 0.25) is 0 Å². The van der Waals surface area contributed by atoms with Crippen molar-refractivity contribution in [3.05, 3.63) is 38.3 Å². The third kappa shape index (κ3) is 3.54. The molecule has 1 fully saturated rings. The minimum absolute atomic E-state index is 0.143. The van der Waals surface area contributed by atoms with E-state index in [0.29, 0.717) is 12.0 Å². The quantitative estimate of drug-likeness (QED) is 0.678. The lowest BCUT2D eigenvalue weighted by molar-refractivity contribution is -0.384. The van der Waals surface area contributed by atoms with Gasteiger partial charge in [0.1, 0.15) is 0 Å². The lowest BCUT2D eigenvalue weighted by Crippen LogP contribution is -2.37. The largest absolute Gasteiger partial charge is 0.317 e. The summed E-state index contributed by atoms with van der Waals surface area (Å²) < 4.78 is 0.849. The van der Waals surface area contributed by atoms with E-state index in [1.54, 1.807) is 12.1 Å². The van der Waals surface area contributed by atoms with Crippen LogP contribution in [0.1, 0.15) is 31.2 Å². The zero-order valence-corrected chi connectivity index (χ0v) is 12.6. The number of nitrogens with one attached hydrogen (secondary N) is 1. The summed E-state index contributed by atoms with van der Waals surface area (Å²) >= 11 is 3.46. The molecule has 0 spiro atoms. The van der Waals surface area contributed by atoms with Gasteiger partial charge >= 0.3 is 0 Å². The number of hydrogen-bond acceptors (Lipinski definition) is 3. The number of benzene rings is 1. The molecular weight excluding hydrogens is 308 g/mol. The second-order valence-corrected chi connectivity index (χ2v) is 6.03. The van der Waals surface area contributed by atoms with Crippen LogP contribution in [0.15, 0.2) is 22.7 Å². The minimum Gasteiger partial charge on any atom is -0.317 e. The number of non-ortho nitro benzene ring substituents is 1. The summed E-state index contributed by atoms with van der Waals surface area (Å²) in [7, 11) is 2.02. The second kappa shape index (κ2) is 6.48. The maximum Gasteiger partial charge on any atom is 0.270 e. The highest BCUT2D eigenvalue weighted by molar-refractivity contribution is 9.10. The van der Waals surface area contributed by atoms with Gasteiger partial charge in [-0.05, 0) is 37.8 Å². The molecule has 0 aliphatic heterocycles. The van der Waals surface area contributed by atoms with Gasteiger partial charge in [-0.3, -0.25) is 10.1 Å². The van der Waals surface area contributed by atoms with Crippen molar-refractivity contribution in [3.63, 3.8) is 0 Å². The van der Waals surface area contributed by atoms with Crippen LogP contribution in [-0.2, 0) is 6.42 Å². The molecule has 1 aromatic carbocycles. The van der Waals surface area contributed by atoms with Crippen LogP contribution in [0.3, 0.4) is 0 Å². The molecule has 0 bridgehead atoms. The first-order chi connectivity index (χ1) is 9.11. The van der Waals surface area contributed by atoms with Gasteiger partial charge in [-0.15, -0.1) is 0 Å². The van der Waals surface area contributed by atoms with Crippen LogP contribution in [0.5, 0.6) is 0 Å². The summed E-state index contributed by atoms with van der Waals surface area (Å²) in [6.45, 7) is 0. The van der Waals surface area contributed by atoms with Crippen molar-refractivity contribution >= 4 is 21.6 Å². The number of halogens is 1. The Bertz CT molecular complexity index is 465. The van der Waals surface area contributed by atoms with Crippen LogP contribution >= 0.6 is 15.9 Å². The molecule has 1 aromatic rings. The monoisotopic (exact) mass is 326 g/mol. The molecule has 2 unspecified atom stereocenters. The number of nitro benzene ring substituents is 1. The SMILES string of the molecule is CNC1CCCCC1Cc1ccc([N+](=O)[O-])cc1Br. The fourth-order valence-electron chi connectivity index (χ4n) is 2.93. The Morgan fingerprint density at radius 2 is 2.16 bits per heavy atom. The third-order valence-electron chi connectivity index (χ3n) is 4.01. The fourth-order valence-corrected chi connectivity index (χ4v) is 3.46. The maximum absolute atomic E-state index is 10.7. The molecule has 0 radical (unpaired) electrons. The fraction of sp³-hybridized carbons (Fsp3) is 0.571. The minimum atomic E-state index is -0.356. The summed E-state index contributed by atoms with van der Waals surface area (Å²) in [4.78, 5) is 10.4. The summed E-state index contributed by atoms with van der Waals surface area (Å²) in [5.74, 6) is 0.622. The molecule has 1 aliphatic rings. The molecular formula is C14H19BrN2O2.